The lowest BCUT2D eigenvalue weighted by atomic mass is 9.68. The molecule has 0 aromatic rings. The van der Waals surface area contributed by atoms with Gasteiger partial charge in [0.05, 0.1) is 0 Å². The minimum atomic E-state index is -0.229. The second kappa shape index (κ2) is 7.04. The van der Waals surface area contributed by atoms with E-state index in [-0.39, 0.29) is 22.4 Å². The van der Waals surface area contributed by atoms with Crippen molar-refractivity contribution in [1.82, 2.24) is 0 Å². The van der Waals surface area contributed by atoms with Gasteiger partial charge in [-0.25, -0.2) is 0 Å². The average molecular weight is 401 g/mol. The molecule has 0 spiro atoms. The van der Waals surface area contributed by atoms with Gasteiger partial charge in [0.25, 0.3) is 0 Å². The van der Waals surface area contributed by atoms with Crippen LogP contribution in [0.4, 0.5) is 0 Å². The van der Waals surface area contributed by atoms with Gasteiger partial charge in [0.2, 0.25) is 0 Å². The number of hydrogen-bond acceptors (Lipinski definition) is 2. The molecule has 0 saturated heterocycles. The minimum absolute atomic E-state index is 0.191. The smallest absolute Gasteiger partial charge is 0.186 e. The van der Waals surface area contributed by atoms with Crippen LogP contribution in [0.1, 0.15) is 67.2 Å². The van der Waals surface area contributed by atoms with Crippen molar-refractivity contribution in [3.63, 3.8) is 0 Å². The van der Waals surface area contributed by atoms with Gasteiger partial charge in [-0.2, -0.15) is 0 Å². The number of Topliss-reactive ketones (excluding diaryl/α,β-unsaturated/α-hetero) is 2. The predicted molar refractivity (Wildman–Crippen MR) is 123 cm³/mol. The molecule has 0 atom stereocenters. The Bertz CT molecular complexity index is 975. The van der Waals surface area contributed by atoms with Crippen molar-refractivity contribution >= 4 is 11.6 Å². The van der Waals surface area contributed by atoms with Gasteiger partial charge in [-0.15, -0.1) is 0 Å². The Hall–Kier alpha value is -2.48. The van der Waals surface area contributed by atoms with Gasteiger partial charge in [0.15, 0.2) is 11.6 Å². The van der Waals surface area contributed by atoms with Crippen LogP contribution in [0.3, 0.4) is 0 Å². The molecule has 0 aromatic heterocycles. The fourth-order valence-electron chi connectivity index (χ4n) is 4.82. The maximum absolute atomic E-state index is 13.3. The summed E-state index contributed by atoms with van der Waals surface area (Å²) in [5.74, 6) is 0.381. The Morgan fingerprint density at radius 1 is 0.533 bits per heavy atom. The van der Waals surface area contributed by atoms with Crippen LogP contribution in [-0.2, 0) is 9.59 Å². The minimum Gasteiger partial charge on any atom is -0.289 e. The standard InChI is InChI=1S/C28H32O2/c1-27(2,3)23-15-21(17-11-7-9-13-19(17)25(23)29)22-16-24(28(4,5)6)26(30)20-14-10-8-12-18(20)22/h7-10,15-16H,11-14H2,1-6H3/b22-21+. The predicted octanol–water partition coefficient (Wildman–Crippen LogP) is 6.69. The van der Waals surface area contributed by atoms with E-state index in [0.29, 0.717) is 12.8 Å². The van der Waals surface area contributed by atoms with E-state index >= 15 is 0 Å². The maximum atomic E-state index is 13.3. The molecule has 0 amide bonds. The summed E-state index contributed by atoms with van der Waals surface area (Å²) in [6, 6.07) is 0. The zero-order valence-corrected chi connectivity index (χ0v) is 19.1. The van der Waals surface area contributed by atoms with E-state index < -0.39 is 0 Å². The van der Waals surface area contributed by atoms with Crippen molar-refractivity contribution < 1.29 is 9.59 Å². The van der Waals surface area contributed by atoms with E-state index in [4.69, 9.17) is 0 Å². The number of carbonyl (C=O) groups excluding carboxylic acids is 2. The first-order valence-electron chi connectivity index (χ1n) is 11.0. The summed E-state index contributed by atoms with van der Waals surface area (Å²) in [7, 11) is 0. The molecular weight excluding hydrogens is 368 g/mol. The van der Waals surface area contributed by atoms with E-state index in [2.05, 4.69) is 78.0 Å². The summed E-state index contributed by atoms with van der Waals surface area (Å²) >= 11 is 0. The summed E-state index contributed by atoms with van der Waals surface area (Å²) < 4.78 is 0. The molecule has 2 heteroatoms. The van der Waals surface area contributed by atoms with Crippen LogP contribution in [-0.4, -0.2) is 11.6 Å². The second-order valence-electron chi connectivity index (χ2n) is 10.8. The Morgan fingerprint density at radius 2 is 0.833 bits per heavy atom. The molecule has 0 saturated carbocycles. The quantitative estimate of drug-likeness (QED) is 0.425. The normalized spacial score (nSPS) is 24.7. The first-order valence-corrected chi connectivity index (χ1v) is 11.0. The van der Waals surface area contributed by atoms with E-state index in [1.54, 1.807) is 0 Å². The summed E-state index contributed by atoms with van der Waals surface area (Å²) in [5, 5.41) is 0. The number of carbonyl (C=O) groups is 2. The molecule has 4 rings (SSSR count). The van der Waals surface area contributed by atoms with Crippen LogP contribution < -0.4 is 0 Å². The Balaban J connectivity index is 2.04. The third kappa shape index (κ3) is 3.37. The molecular formula is C28H32O2. The van der Waals surface area contributed by atoms with Crippen molar-refractivity contribution in [2.45, 2.75) is 67.2 Å². The van der Waals surface area contributed by atoms with Crippen LogP contribution in [0.15, 0.2) is 81.0 Å². The van der Waals surface area contributed by atoms with E-state index in [1.165, 1.54) is 0 Å². The largest absolute Gasteiger partial charge is 0.289 e. The second-order valence-corrected chi connectivity index (χ2v) is 10.8. The lowest BCUT2D eigenvalue weighted by Gasteiger charge is -2.34. The van der Waals surface area contributed by atoms with Crippen molar-refractivity contribution in [3.05, 3.63) is 81.0 Å². The van der Waals surface area contributed by atoms with Gasteiger partial charge in [0, 0.05) is 22.3 Å². The highest BCUT2D eigenvalue weighted by Gasteiger charge is 2.37. The molecule has 0 radical (unpaired) electrons. The van der Waals surface area contributed by atoms with Crippen LogP contribution in [0, 0.1) is 10.8 Å². The zero-order chi connectivity index (χ0) is 21.8. The number of hydrogen-bond donors (Lipinski definition) is 0. The van der Waals surface area contributed by atoms with Crippen molar-refractivity contribution in [3.8, 4) is 0 Å². The summed E-state index contributed by atoms with van der Waals surface area (Å²) in [6.45, 7) is 12.7. The molecule has 156 valence electrons. The molecule has 0 fully saturated rings. The first kappa shape index (κ1) is 20.8. The molecule has 0 aromatic carbocycles. The fourth-order valence-corrected chi connectivity index (χ4v) is 4.82. The molecule has 2 nitrogen and oxygen atoms in total. The van der Waals surface area contributed by atoms with Crippen LogP contribution in [0.5, 0.6) is 0 Å². The maximum Gasteiger partial charge on any atom is 0.186 e. The molecule has 0 unspecified atom stereocenters. The molecule has 30 heavy (non-hydrogen) atoms. The molecule has 4 aliphatic rings. The van der Waals surface area contributed by atoms with E-state index in [0.717, 1.165) is 57.4 Å². The number of allylic oxidation sites excluding steroid dienone is 14. The van der Waals surface area contributed by atoms with Crippen LogP contribution in [0.2, 0.25) is 0 Å². The lowest BCUT2D eigenvalue weighted by Crippen LogP contribution is -2.27. The average Bonchev–Trinajstić information content (AvgIpc) is 2.67. The van der Waals surface area contributed by atoms with E-state index in [1.807, 2.05) is 0 Å². The molecule has 0 bridgehead atoms. The van der Waals surface area contributed by atoms with Crippen LogP contribution >= 0.6 is 0 Å². The Morgan fingerprint density at radius 3 is 1.13 bits per heavy atom. The lowest BCUT2D eigenvalue weighted by molar-refractivity contribution is -0.114. The van der Waals surface area contributed by atoms with Crippen molar-refractivity contribution in [2.75, 3.05) is 0 Å². The number of ketones is 2. The molecule has 0 N–H and O–H groups in total. The van der Waals surface area contributed by atoms with Gasteiger partial charge >= 0.3 is 0 Å². The van der Waals surface area contributed by atoms with Crippen molar-refractivity contribution in [2.24, 2.45) is 10.8 Å². The summed E-state index contributed by atoms with van der Waals surface area (Å²) in [4.78, 5) is 26.6. The van der Waals surface area contributed by atoms with Gasteiger partial charge in [0.1, 0.15) is 0 Å². The van der Waals surface area contributed by atoms with Gasteiger partial charge in [-0.3, -0.25) is 9.59 Å². The highest BCUT2D eigenvalue weighted by atomic mass is 16.1. The fraction of sp³-hybridized carbons (Fsp3) is 0.429. The Labute approximate surface area is 180 Å². The number of rotatable bonds is 0. The third-order valence-corrected chi connectivity index (χ3v) is 6.52. The Kier molecular flexibility index (Phi) is 4.88. The van der Waals surface area contributed by atoms with Gasteiger partial charge < -0.3 is 0 Å². The molecule has 4 aliphatic carbocycles. The van der Waals surface area contributed by atoms with Crippen LogP contribution in [0.25, 0.3) is 0 Å². The molecule has 0 aliphatic heterocycles. The van der Waals surface area contributed by atoms with Gasteiger partial charge in [-0.05, 0) is 71.0 Å². The third-order valence-electron chi connectivity index (χ3n) is 6.52. The van der Waals surface area contributed by atoms with Gasteiger partial charge in [-0.1, -0.05) is 65.8 Å². The topological polar surface area (TPSA) is 34.1 Å². The highest BCUT2D eigenvalue weighted by molar-refractivity contribution is 6.14. The highest BCUT2D eigenvalue weighted by Crippen LogP contribution is 2.46. The summed E-state index contributed by atoms with van der Waals surface area (Å²) in [6.07, 6.45) is 15.8. The molecule has 0 heterocycles. The van der Waals surface area contributed by atoms with Crippen molar-refractivity contribution in [1.29, 1.82) is 0 Å². The zero-order valence-electron chi connectivity index (χ0n) is 19.1. The first-order chi connectivity index (χ1) is 14.0. The monoisotopic (exact) mass is 400 g/mol. The summed E-state index contributed by atoms with van der Waals surface area (Å²) in [5.41, 5.74) is 7.74. The van der Waals surface area contributed by atoms with E-state index in [9.17, 15) is 9.59 Å². The SMILES string of the molecule is CC(C)(C)C1=C/C(=C2/C=C(C(C)(C)C)C(=O)C3=C2CC=CC3)C2=C(CC=CC2)C1=O.